The highest BCUT2D eigenvalue weighted by Gasteiger charge is 2.26. The van der Waals surface area contributed by atoms with Crippen LogP contribution in [0.3, 0.4) is 0 Å². The minimum atomic E-state index is -0.616. The zero-order valence-electron chi connectivity index (χ0n) is 19.2. The van der Waals surface area contributed by atoms with Gasteiger partial charge in [0, 0.05) is 13.1 Å². The van der Waals surface area contributed by atoms with Gasteiger partial charge < -0.3 is 19.7 Å². The first-order valence-corrected chi connectivity index (χ1v) is 10.7. The maximum Gasteiger partial charge on any atom is 0.261 e. The molecule has 0 saturated heterocycles. The number of nitrogens with zero attached hydrogens (tertiary/aromatic N) is 1. The first-order chi connectivity index (χ1) is 14.8. The topological polar surface area (TPSA) is 67.9 Å². The van der Waals surface area contributed by atoms with Gasteiger partial charge in [-0.2, -0.15) is 0 Å². The molecule has 0 aliphatic rings. The van der Waals surface area contributed by atoms with Gasteiger partial charge >= 0.3 is 0 Å². The molecule has 0 radical (unpaired) electrons. The van der Waals surface area contributed by atoms with Crippen LogP contribution >= 0.6 is 0 Å². The molecule has 2 rings (SSSR count). The highest BCUT2D eigenvalue weighted by Crippen LogP contribution is 2.18. The number of rotatable bonds is 11. The maximum absolute atomic E-state index is 13.1. The van der Waals surface area contributed by atoms with Gasteiger partial charge in [0.1, 0.15) is 17.5 Å². The molecule has 0 fully saturated rings. The Bertz CT molecular complexity index is 844. The van der Waals surface area contributed by atoms with Crippen LogP contribution in [0.5, 0.6) is 11.5 Å². The first-order valence-electron chi connectivity index (χ1n) is 10.7. The average molecular weight is 427 g/mol. The average Bonchev–Trinajstić information content (AvgIpc) is 2.75. The lowest BCUT2D eigenvalue weighted by Crippen LogP contribution is -2.49. The highest BCUT2D eigenvalue weighted by molar-refractivity contribution is 5.87. The van der Waals surface area contributed by atoms with E-state index < -0.39 is 6.04 Å². The van der Waals surface area contributed by atoms with Crippen LogP contribution in [0.25, 0.3) is 0 Å². The van der Waals surface area contributed by atoms with Crippen LogP contribution in [0.15, 0.2) is 42.5 Å². The molecular formula is C25H34N2O4. The molecule has 0 unspecified atom stereocenters. The van der Waals surface area contributed by atoms with E-state index in [-0.39, 0.29) is 18.4 Å². The molecule has 1 atom stereocenters. The fourth-order valence-electron chi connectivity index (χ4n) is 3.29. The summed E-state index contributed by atoms with van der Waals surface area (Å²) in [5, 5.41) is 2.92. The van der Waals surface area contributed by atoms with Gasteiger partial charge in [0.2, 0.25) is 5.91 Å². The molecule has 0 heterocycles. The van der Waals surface area contributed by atoms with E-state index in [0.29, 0.717) is 18.8 Å². The van der Waals surface area contributed by atoms with E-state index in [4.69, 9.17) is 9.47 Å². The molecule has 2 aromatic rings. The molecule has 6 heteroatoms. The lowest BCUT2D eigenvalue weighted by Gasteiger charge is -2.29. The van der Waals surface area contributed by atoms with E-state index in [1.807, 2.05) is 56.3 Å². The van der Waals surface area contributed by atoms with E-state index >= 15 is 0 Å². The third-order valence-electron chi connectivity index (χ3n) is 5.07. The van der Waals surface area contributed by atoms with Crippen molar-refractivity contribution in [2.24, 2.45) is 0 Å². The second-order valence-corrected chi connectivity index (χ2v) is 7.80. The second kappa shape index (κ2) is 12.0. The fourth-order valence-corrected chi connectivity index (χ4v) is 3.29. The third-order valence-corrected chi connectivity index (χ3v) is 5.07. The van der Waals surface area contributed by atoms with Crippen molar-refractivity contribution in [3.8, 4) is 11.5 Å². The van der Waals surface area contributed by atoms with Crippen LogP contribution < -0.4 is 14.8 Å². The predicted molar refractivity (Wildman–Crippen MR) is 122 cm³/mol. The Hall–Kier alpha value is -3.02. The van der Waals surface area contributed by atoms with Crippen molar-refractivity contribution in [3.63, 3.8) is 0 Å². The molecule has 2 aromatic carbocycles. The molecule has 0 aliphatic carbocycles. The number of nitrogens with one attached hydrogen (secondary N) is 1. The van der Waals surface area contributed by atoms with Crippen LogP contribution in [-0.2, 0) is 16.1 Å². The van der Waals surface area contributed by atoms with Gasteiger partial charge in [-0.3, -0.25) is 9.59 Å². The van der Waals surface area contributed by atoms with Gasteiger partial charge in [-0.1, -0.05) is 31.5 Å². The molecule has 1 N–H and O–H groups in total. The Kier molecular flexibility index (Phi) is 9.38. The van der Waals surface area contributed by atoms with E-state index in [0.717, 1.165) is 35.3 Å². The van der Waals surface area contributed by atoms with E-state index in [1.165, 1.54) is 0 Å². The summed E-state index contributed by atoms with van der Waals surface area (Å²) in [7, 11) is 1.61. The Morgan fingerprint density at radius 2 is 1.68 bits per heavy atom. The van der Waals surface area contributed by atoms with Crippen molar-refractivity contribution in [2.75, 3.05) is 20.3 Å². The standard InChI is InChI=1S/C25H34N2O4/c1-6-7-12-26-25(29)20(4)27(16-21-8-10-22(30-5)11-9-21)24(28)17-31-23-14-18(2)13-19(3)15-23/h8-11,13-15,20H,6-7,12,16-17H2,1-5H3,(H,26,29)/t20-/m1/s1. The summed E-state index contributed by atoms with van der Waals surface area (Å²) in [6, 6.07) is 12.7. The maximum atomic E-state index is 13.1. The number of amides is 2. The Balaban J connectivity index is 2.13. The van der Waals surface area contributed by atoms with Crippen LogP contribution in [0, 0.1) is 13.8 Å². The molecular weight excluding hydrogens is 392 g/mol. The summed E-state index contributed by atoms with van der Waals surface area (Å²) >= 11 is 0. The van der Waals surface area contributed by atoms with Gasteiger partial charge in [0.25, 0.3) is 5.91 Å². The molecule has 6 nitrogen and oxygen atoms in total. The highest BCUT2D eigenvalue weighted by atomic mass is 16.5. The van der Waals surface area contributed by atoms with Crippen molar-refractivity contribution < 1.29 is 19.1 Å². The molecule has 0 spiro atoms. The summed E-state index contributed by atoms with van der Waals surface area (Å²) in [5.41, 5.74) is 3.05. The van der Waals surface area contributed by atoms with Crippen LogP contribution in [0.2, 0.25) is 0 Å². The SMILES string of the molecule is CCCCNC(=O)[C@@H](C)N(Cc1ccc(OC)cc1)C(=O)COc1cc(C)cc(C)c1. The molecule has 31 heavy (non-hydrogen) atoms. The molecule has 0 saturated carbocycles. The number of carbonyl (C=O) groups excluding carboxylic acids is 2. The molecule has 168 valence electrons. The summed E-state index contributed by atoms with van der Waals surface area (Å²) in [6.45, 7) is 8.57. The Morgan fingerprint density at radius 1 is 1.03 bits per heavy atom. The Morgan fingerprint density at radius 3 is 2.26 bits per heavy atom. The number of hydrogen-bond acceptors (Lipinski definition) is 4. The van der Waals surface area contributed by atoms with Crippen molar-refractivity contribution >= 4 is 11.8 Å². The van der Waals surface area contributed by atoms with Crippen molar-refractivity contribution in [1.29, 1.82) is 0 Å². The van der Waals surface area contributed by atoms with Gasteiger partial charge in [-0.25, -0.2) is 0 Å². The van der Waals surface area contributed by atoms with Gasteiger partial charge in [0.05, 0.1) is 7.11 Å². The Labute approximate surface area is 185 Å². The number of aryl methyl sites for hydroxylation is 2. The summed E-state index contributed by atoms with van der Waals surface area (Å²) in [6.07, 6.45) is 1.90. The third kappa shape index (κ3) is 7.63. The predicted octanol–water partition coefficient (Wildman–Crippen LogP) is 4.02. The molecule has 2 amide bonds. The largest absolute Gasteiger partial charge is 0.497 e. The summed E-state index contributed by atoms with van der Waals surface area (Å²) < 4.78 is 11.0. The van der Waals surface area contributed by atoms with Crippen molar-refractivity contribution in [3.05, 3.63) is 59.2 Å². The first kappa shape index (κ1) is 24.3. The molecule has 0 aromatic heterocycles. The van der Waals surface area contributed by atoms with Crippen molar-refractivity contribution in [1.82, 2.24) is 10.2 Å². The van der Waals surface area contributed by atoms with E-state index in [2.05, 4.69) is 12.2 Å². The number of methoxy groups -OCH3 is 1. The zero-order valence-corrected chi connectivity index (χ0v) is 19.2. The van der Waals surface area contributed by atoms with Crippen LogP contribution in [0.1, 0.15) is 43.4 Å². The summed E-state index contributed by atoms with van der Waals surface area (Å²) in [4.78, 5) is 27.3. The minimum Gasteiger partial charge on any atom is -0.497 e. The van der Waals surface area contributed by atoms with Gasteiger partial charge in [-0.05, 0) is 68.1 Å². The number of benzene rings is 2. The number of hydrogen-bond donors (Lipinski definition) is 1. The van der Waals surface area contributed by atoms with Gasteiger partial charge in [0.15, 0.2) is 6.61 Å². The quantitative estimate of drug-likeness (QED) is 0.551. The number of unbranched alkanes of at least 4 members (excludes halogenated alkanes) is 1. The van der Waals surface area contributed by atoms with Crippen LogP contribution in [0.4, 0.5) is 0 Å². The lowest BCUT2D eigenvalue weighted by molar-refractivity contribution is -0.142. The minimum absolute atomic E-state index is 0.133. The van der Waals surface area contributed by atoms with Crippen LogP contribution in [-0.4, -0.2) is 43.0 Å². The monoisotopic (exact) mass is 426 g/mol. The lowest BCUT2D eigenvalue weighted by atomic mass is 10.1. The second-order valence-electron chi connectivity index (χ2n) is 7.80. The van der Waals surface area contributed by atoms with Crippen molar-refractivity contribution in [2.45, 2.75) is 53.1 Å². The van der Waals surface area contributed by atoms with E-state index in [9.17, 15) is 9.59 Å². The van der Waals surface area contributed by atoms with E-state index in [1.54, 1.807) is 18.9 Å². The number of ether oxygens (including phenoxy) is 2. The normalized spacial score (nSPS) is 11.5. The summed E-state index contributed by atoms with van der Waals surface area (Å²) in [5.74, 6) is 0.982. The number of carbonyl (C=O) groups is 2. The van der Waals surface area contributed by atoms with Gasteiger partial charge in [-0.15, -0.1) is 0 Å². The zero-order chi connectivity index (χ0) is 22.8. The molecule has 0 aliphatic heterocycles. The fraction of sp³-hybridized carbons (Fsp3) is 0.440. The molecule has 0 bridgehead atoms. The smallest absolute Gasteiger partial charge is 0.261 e.